The molecule has 2 N–H and O–H groups in total. The minimum Gasteiger partial charge on any atom is -0.468 e. The molecule has 6 heteroatoms. The second kappa shape index (κ2) is 8.85. The highest BCUT2D eigenvalue weighted by Crippen LogP contribution is 2.24. The van der Waals surface area contributed by atoms with Gasteiger partial charge in [0.1, 0.15) is 11.6 Å². The number of carbonyl (C=O) groups is 1. The predicted molar refractivity (Wildman–Crippen MR) is 98.2 cm³/mol. The van der Waals surface area contributed by atoms with Crippen LogP contribution in [0.2, 0.25) is 0 Å². The zero-order valence-corrected chi connectivity index (χ0v) is 15.1. The van der Waals surface area contributed by atoms with Crippen molar-refractivity contribution in [2.24, 2.45) is 0 Å². The molecular formula is C20H26FN3O2. The summed E-state index contributed by atoms with van der Waals surface area (Å²) >= 11 is 0. The van der Waals surface area contributed by atoms with E-state index in [1.807, 2.05) is 19.1 Å². The van der Waals surface area contributed by atoms with E-state index in [0.29, 0.717) is 6.54 Å². The van der Waals surface area contributed by atoms with E-state index < -0.39 is 0 Å². The van der Waals surface area contributed by atoms with Crippen LogP contribution in [0.15, 0.2) is 47.1 Å². The number of benzene rings is 1. The molecule has 1 aliphatic rings. The molecule has 0 aliphatic carbocycles. The third kappa shape index (κ3) is 4.85. The van der Waals surface area contributed by atoms with Gasteiger partial charge in [-0.25, -0.2) is 9.18 Å². The molecule has 0 spiro atoms. The van der Waals surface area contributed by atoms with Crippen molar-refractivity contribution in [3.63, 3.8) is 0 Å². The summed E-state index contributed by atoms with van der Waals surface area (Å²) in [5.74, 6) is 0.590. The summed E-state index contributed by atoms with van der Waals surface area (Å²) in [5.41, 5.74) is 0.861. The summed E-state index contributed by atoms with van der Waals surface area (Å²) in [6.07, 6.45) is 5.27. The summed E-state index contributed by atoms with van der Waals surface area (Å²) in [6, 6.07) is 9.59. The van der Waals surface area contributed by atoms with Gasteiger partial charge in [0, 0.05) is 6.54 Å². The number of rotatable bonds is 6. The minimum atomic E-state index is -0.284. The third-order valence-electron chi connectivity index (χ3n) is 4.88. The number of hydrogen-bond donors (Lipinski definition) is 2. The average Bonchev–Trinajstić information content (AvgIpc) is 3.17. The van der Waals surface area contributed by atoms with Gasteiger partial charge < -0.3 is 15.1 Å². The van der Waals surface area contributed by atoms with Gasteiger partial charge in [0.25, 0.3) is 0 Å². The lowest BCUT2D eigenvalue weighted by Crippen LogP contribution is -2.44. The van der Waals surface area contributed by atoms with Crippen LogP contribution >= 0.6 is 0 Å². The molecule has 1 fully saturated rings. The van der Waals surface area contributed by atoms with E-state index >= 15 is 0 Å². The Morgan fingerprint density at radius 1 is 1.19 bits per heavy atom. The zero-order valence-electron chi connectivity index (χ0n) is 15.1. The first-order chi connectivity index (χ1) is 12.6. The quantitative estimate of drug-likeness (QED) is 0.819. The van der Waals surface area contributed by atoms with Gasteiger partial charge >= 0.3 is 6.03 Å². The van der Waals surface area contributed by atoms with Crippen molar-refractivity contribution in [1.29, 1.82) is 0 Å². The smallest absolute Gasteiger partial charge is 0.315 e. The molecule has 0 saturated carbocycles. The second-order valence-corrected chi connectivity index (χ2v) is 6.76. The molecule has 26 heavy (non-hydrogen) atoms. The van der Waals surface area contributed by atoms with Gasteiger partial charge in [-0.3, -0.25) is 4.90 Å². The molecule has 0 radical (unpaired) electrons. The summed E-state index contributed by atoms with van der Waals surface area (Å²) in [7, 11) is 0. The van der Waals surface area contributed by atoms with Crippen molar-refractivity contribution in [2.45, 2.75) is 38.3 Å². The first kappa shape index (κ1) is 18.5. The van der Waals surface area contributed by atoms with Crippen LogP contribution in [0.3, 0.4) is 0 Å². The van der Waals surface area contributed by atoms with Crippen LogP contribution in [0.5, 0.6) is 0 Å². The predicted octanol–water partition coefficient (Wildman–Crippen LogP) is 4.01. The van der Waals surface area contributed by atoms with Crippen LogP contribution in [-0.2, 0) is 0 Å². The van der Waals surface area contributed by atoms with Crippen LogP contribution in [0.25, 0.3) is 0 Å². The Morgan fingerprint density at radius 2 is 1.92 bits per heavy atom. The first-order valence-electron chi connectivity index (χ1n) is 9.21. The minimum absolute atomic E-state index is 0.0391. The summed E-state index contributed by atoms with van der Waals surface area (Å²) < 4.78 is 18.6. The lowest BCUT2D eigenvalue weighted by molar-refractivity contribution is 0.143. The van der Waals surface area contributed by atoms with Crippen LogP contribution in [0, 0.1) is 5.82 Å². The summed E-state index contributed by atoms with van der Waals surface area (Å²) in [6.45, 7) is 4.39. The van der Waals surface area contributed by atoms with Crippen molar-refractivity contribution in [3.8, 4) is 0 Å². The number of nitrogens with one attached hydrogen (secondary N) is 2. The van der Waals surface area contributed by atoms with Gasteiger partial charge in [-0.05, 0) is 62.7 Å². The van der Waals surface area contributed by atoms with E-state index in [0.717, 1.165) is 24.4 Å². The second-order valence-electron chi connectivity index (χ2n) is 6.76. The average molecular weight is 359 g/mol. The van der Waals surface area contributed by atoms with E-state index in [2.05, 4.69) is 15.5 Å². The number of urea groups is 1. The third-order valence-corrected chi connectivity index (χ3v) is 4.88. The van der Waals surface area contributed by atoms with Crippen molar-refractivity contribution >= 4 is 6.03 Å². The number of likely N-dealkylation sites (tertiary alicyclic amines) is 1. The van der Waals surface area contributed by atoms with E-state index in [1.165, 1.54) is 31.4 Å². The van der Waals surface area contributed by atoms with Gasteiger partial charge in [-0.15, -0.1) is 0 Å². The molecule has 3 rings (SSSR count). The highest BCUT2D eigenvalue weighted by molar-refractivity contribution is 5.74. The SMILES string of the molecule is CC(NC(=O)NCC(c1ccco1)N1CCCCC1)c1ccc(F)cc1. The number of amides is 2. The fourth-order valence-electron chi connectivity index (χ4n) is 3.39. The van der Waals surface area contributed by atoms with Crippen molar-refractivity contribution < 1.29 is 13.6 Å². The Hall–Kier alpha value is -2.34. The lowest BCUT2D eigenvalue weighted by Gasteiger charge is -2.33. The number of halogens is 1. The molecular weight excluding hydrogens is 333 g/mol. The molecule has 140 valence electrons. The first-order valence-corrected chi connectivity index (χ1v) is 9.21. The Morgan fingerprint density at radius 3 is 2.58 bits per heavy atom. The zero-order chi connectivity index (χ0) is 18.4. The van der Waals surface area contributed by atoms with E-state index in [4.69, 9.17) is 4.42 Å². The fraction of sp³-hybridized carbons (Fsp3) is 0.450. The number of carbonyl (C=O) groups excluding carboxylic acids is 1. The van der Waals surface area contributed by atoms with Gasteiger partial charge in [0.15, 0.2) is 0 Å². The molecule has 2 aromatic rings. The monoisotopic (exact) mass is 359 g/mol. The number of hydrogen-bond acceptors (Lipinski definition) is 3. The standard InChI is InChI=1S/C20H26FN3O2/c1-15(16-7-9-17(21)10-8-16)23-20(25)22-14-18(19-6-5-13-26-19)24-11-3-2-4-12-24/h5-10,13,15,18H,2-4,11-12,14H2,1H3,(H2,22,23,25). The molecule has 1 aromatic heterocycles. The summed E-state index contributed by atoms with van der Waals surface area (Å²) in [5, 5.41) is 5.85. The molecule has 2 amide bonds. The van der Waals surface area contributed by atoms with Crippen molar-refractivity contribution in [3.05, 3.63) is 59.8 Å². The van der Waals surface area contributed by atoms with Gasteiger partial charge in [0.05, 0.1) is 18.3 Å². The summed E-state index contributed by atoms with van der Waals surface area (Å²) in [4.78, 5) is 14.7. The highest BCUT2D eigenvalue weighted by atomic mass is 19.1. The molecule has 1 aliphatic heterocycles. The molecule has 2 unspecified atom stereocenters. The Bertz CT molecular complexity index is 682. The van der Waals surface area contributed by atoms with Gasteiger partial charge in [0.2, 0.25) is 0 Å². The number of piperidine rings is 1. The fourth-order valence-corrected chi connectivity index (χ4v) is 3.39. The van der Waals surface area contributed by atoms with Crippen LogP contribution in [0.4, 0.5) is 9.18 Å². The van der Waals surface area contributed by atoms with Gasteiger partial charge in [-0.1, -0.05) is 18.6 Å². The maximum absolute atomic E-state index is 13.0. The maximum Gasteiger partial charge on any atom is 0.315 e. The van der Waals surface area contributed by atoms with E-state index in [9.17, 15) is 9.18 Å². The van der Waals surface area contributed by atoms with Crippen LogP contribution < -0.4 is 10.6 Å². The van der Waals surface area contributed by atoms with Crippen LogP contribution in [0.1, 0.15) is 49.6 Å². The van der Waals surface area contributed by atoms with Crippen molar-refractivity contribution in [2.75, 3.05) is 19.6 Å². The van der Waals surface area contributed by atoms with Crippen molar-refractivity contribution in [1.82, 2.24) is 15.5 Å². The molecule has 0 bridgehead atoms. The number of nitrogens with zero attached hydrogens (tertiary/aromatic N) is 1. The highest BCUT2D eigenvalue weighted by Gasteiger charge is 2.25. The molecule has 2 atom stereocenters. The molecule has 2 heterocycles. The largest absolute Gasteiger partial charge is 0.468 e. The molecule has 5 nitrogen and oxygen atoms in total. The van der Waals surface area contributed by atoms with Gasteiger partial charge in [-0.2, -0.15) is 0 Å². The lowest BCUT2D eigenvalue weighted by atomic mass is 10.1. The normalized spacial score (nSPS) is 17.5. The Kier molecular flexibility index (Phi) is 6.28. The maximum atomic E-state index is 13.0. The Balaban J connectivity index is 1.56. The van der Waals surface area contributed by atoms with E-state index in [1.54, 1.807) is 18.4 Å². The topological polar surface area (TPSA) is 57.5 Å². The van der Waals surface area contributed by atoms with E-state index in [-0.39, 0.29) is 23.9 Å². The molecule has 1 aromatic carbocycles. The van der Waals surface area contributed by atoms with Crippen LogP contribution in [-0.4, -0.2) is 30.6 Å². The number of furan rings is 1. The Labute approximate surface area is 153 Å². The molecule has 1 saturated heterocycles.